The predicted octanol–water partition coefficient (Wildman–Crippen LogP) is 0.848. The van der Waals surface area contributed by atoms with Gasteiger partial charge in [-0.15, -0.1) is 0 Å². The number of hydrogen-bond acceptors (Lipinski definition) is 5. The number of nitrogens with zero attached hydrogens (tertiary/aromatic N) is 1. The normalized spacial score (nSPS) is 10.2. The lowest BCUT2D eigenvalue weighted by atomic mass is 10.1. The maximum atomic E-state index is 11.8. The molecule has 0 heterocycles. The molecule has 0 fully saturated rings. The van der Waals surface area contributed by atoms with E-state index in [0.717, 1.165) is 0 Å². The van der Waals surface area contributed by atoms with Crippen LogP contribution in [0.25, 0.3) is 0 Å². The van der Waals surface area contributed by atoms with Crippen LogP contribution in [0.2, 0.25) is 0 Å². The number of ether oxygens (including phenoxy) is 3. The van der Waals surface area contributed by atoms with E-state index in [-0.39, 0.29) is 12.3 Å². The van der Waals surface area contributed by atoms with Crippen molar-refractivity contribution in [3.63, 3.8) is 0 Å². The molecule has 6 nitrogen and oxygen atoms in total. The van der Waals surface area contributed by atoms with Crippen LogP contribution in [0.5, 0.6) is 17.2 Å². The molecule has 0 atom stereocenters. The third-order valence-electron chi connectivity index (χ3n) is 2.50. The standard InChI is InChI=1S/C13H20N2O4/c1-15(2)14-13(16)8-10-11(18-4)6-9(17-3)7-12(10)19-5/h6-7H,8H2,1-5H3,(H,14,16). The summed E-state index contributed by atoms with van der Waals surface area (Å²) in [6.45, 7) is 0. The summed E-state index contributed by atoms with van der Waals surface area (Å²) >= 11 is 0. The highest BCUT2D eigenvalue weighted by Crippen LogP contribution is 2.34. The Morgan fingerprint density at radius 1 is 1.11 bits per heavy atom. The van der Waals surface area contributed by atoms with Gasteiger partial charge >= 0.3 is 0 Å². The highest BCUT2D eigenvalue weighted by molar-refractivity contribution is 5.80. The molecule has 1 rings (SSSR count). The molecule has 19 heavy (non-hydrogen) atoms. The highest BCUT2D eigenvalue weighted by Gasteiger charge is 2.16. The molecule has 0 spiro atoms. The summed E-state index contributed by atoms with van der Waals surface area (Å²) in [5.74, 6) is 1.59. The van der Waals surface area contributed by atoms with Gasteiger partial charge in [0.1, 0.15) is 17.2 Å². The minimum absolute atomic E-state index is 0.147. The van der Waals surface area contributed by atoms with Crippen LogP contribution in [0, 0.1) is 0 Å². The summed E-state index contributed by atoms with van der Waals surface area (Å²) in [7, 11) is 8.15. The number of carbonyl (C=O) groups excluding carboxylic acids is 1. The van der Waals surface area contributed by atoms with Crippen LogP contribution in [-0.2, 0) is 11.2 Å². The minimum atomic E-state index is -0.147. The summed E-state index contributed by atoms with van der Waals surface area (Å²) in [5.41, 5.74) is 3.36. The van der Waals surface area contributed by atoms with Gasteiger partial charge in [-0.2, -0.15) is 0 Å². The number of hydrogen-bond donors (Lipinski definition) is 1. The topological polar surface area (TPSA) is 60.0 Å². The summed E-state index contributed by atoms with van der Waals surface area (Å²) in [6.07, 6.45) is 0.161. The Hall–Kier alpha value is -1.95. The first-order chi connectivity index (χ1) is 9.01. The molecule has 0 unspecified atom stereocenters. The Labute approximate surface area is 113 Å². The molecular formula is C13H20N2O4. The van der Waals surface area contributed by atoms with Crippen LogP contribution in [0.4, 0.5) is 0 Å². The van der Waals surface area contributed by atoms with Crippen LogP contribution in [-0.4, -0.2) is 46.3 Å². The fraction of sp³-hybridized carbons (Fsp3) is 0.462. The Morgan fingerprint density at radius 2 is 1.63 bits per heavy atom. The van der Waals surface area contributed by atoms with Crippen LogP contribution in [0.15, 0.2) is 12.1 Å². The molecule has 0 aliphatic rings. The van der Waals surface area contributed by atoms with Crippen molar-refractivity contribution in [3.8, 4) is 17.2 Å². The van der Waals surface area contributed by atoms with Gasteiger partial charge in [-0.3, -0.25) is 10.2 Å². The molecule has 6 heteroatoms. The molecule has 106 valence electrons. The molecule has 0 radical (unpaired) electrons. The molecule has 1 aromatic rings. The predicted molar refractivity (Wildman–Crippen MR) is 71.6 cm³/mol. The fourth-order valence-corrected chi connectivity index (χ4v) is 1.70. The maximum Gasteiger partial charge on any atom is 0.238 e. The number of hydrazine groups is 1. The van der Waals surface area contributed by atoms with E-state index in [1.165, 1.54) is 0 Å². The zero-order valence-electron chi connectivity index (χ0n) is 11.9. The van der Waals surface area contributed by atoms with Crippen LogP contribution >= 0.6 is 0 Å². The molecule has 0 saturated carbocycles. The molecule has 1 aromatic carbocycles. The zero-order chi connectivity index (χ0) is 14.4. The van der Waals surface area contributed by atoms with Gasteiger partial charge in [0.25, 0.3) is 0 Å². The maximum absolute atomic E-state index is 11.8. The van der Waals surface area contributed by atoms with Crippen LogP contribution in [0.3, 0.4) is 0 Å². The zero-order valence-corrected chi connectivity index (χ0v) is 11.9. The van der Waals surface area contributed by atoms with Gasteiger partial charge in [0.2, 0.25) is 5.91 Å². The second-order valence-electron chi connectivity index (χ2n) is 4.12. The Kier molecular flexibility index (Phi) is 5.44. The van der Waals surface area contributed by atoms with E-state index in [2.05, 4.69) is 5.43 Å². The number of amides is 1. The van der Waals surface area contributed by atoms with Gasteiger partial charge in [-0.1, -0.05) is 0 Å². The van der Waals surface area contributed by atoms with E-state index in [0.29, 0.717) is 22.8 Å². The van der Waals surface area contributed by atoms with Crippen molar-refractivity contribution in [2.24, 2.45) is 0 Å². The van der Waals surface area contributed by atoms with Crippen LogP contribution in [0.1, 0.15) is 5.56 Å². The van der Waals surface area contributed by atoms with Gasteiger partial charge in [-0.05, 0) is 0 Å². The van der Waals surface area contributed by atoms with E-state index in [1.807, 2.05) is 0 Å². The average Bonchev–Trinajstić information content (AvgIpc) is 2.37. The first kappa shape index (κ1) is 15.1. The van der Waals surface area contributed by atoms with Gasteiger partial charge in [-0.25, -0.2) is 5.01 Å². The van der Waals surface area contributed by atoms with E-state index < -0.39 is 0 Å². The van der Waals surface area contributed by atoms with E-state index in [9.17, 15) is 4.79 Å². The largest absolute Gasteiger partial charge is 0.496 e. The molecule has 1 amide bonds. The van der Waals surface area contributed by atoms with Crippen molar-refractivity contribution >= 4 is 5.91 Å². The van der Waals surface area contributed by atoms with Crippen molar-refractivity contribution < 1.29 is 19.0 Å². The molecule has 1 N–H and O–H groups in total. The number of nitrogens with one attached hydrogen (secondary N) is 1. The number of carbonyl (C=O) groups is 1. The van der Waals surface area contributed by atoms with Crippen molar-refractivity contribution in [3.05, 3.63) is 17.7 Å². The second kappa shape index (κ2) is 6.84. The van der Waals surface area contributed by atoms with E-state index >= 15 is 0 Å². The molecule has 0 saturated heterocycles. The summed E-state index contributed by atoms with van der Waals surface area (Å²) in [6, 6.07) is 3.45. The summed E-state index contributed by atoms with van der Waals surface area (Å²) < 4.78 is 15.7. The first-order valence-corrected chi connectivity index (χ1v) is 5.77. The Bertz CT molecular complexity index is 421. The van der Waals surface area contributed by atoms with Crippen molar-refractivity contribution in [2.45, 2.75) is 6.42 Å². The lowest BCUT2D eigenvalue weighted by Crippen LogP contribution is -2.37. The molecular weight excluding hydrogens is 248 g/mol. The SMILES string of the molecule is COc1cc(OC)c(CC(=O)NN(C)C)c(OC)c1. The fourth-order valence-electron chi connectivity index (χ4n) is 1.70. The monoisotopic (exact) mass is 268 g/mol. The Balaban J connectivity index is 3.06. The van der Waals surface area contributed by atoms with E-state index in [4.69, 9.17) is 14.2 Å². The van der Waals surface area contributed by atoms with Crippen molar-refractivity contribution in [1.29, 1.82) is 0 Å². The van der Waals surface area contributed by atoms with Crippen molar-refractivity contribution in [1.82, 2.24) is 10.4 Å². The van der Waals surface area contributed by atoms with Gasteiger partial charge in [0.15, 0.2) is 0 Å². The van der Waals surface area contributed by atoms with E-state index in [1.54, 1.807) is 52.6 Å². The van der Waals surface area contributed by atoms with Gasteiger partial charge in [0.05, 0.1) is 27.8 Å². The van der Waals surface area contributed by atoms with Gasteiger partial charge < -0.3 is 14.2 Å². The lowest BCUT2D eigenvalue weighted by molar-refractivity contribution is -0.124. The first-order valence-electron chi connectivity index (χ1n) is 5.77. The average molecular weight is 268 g/mol. The smallest absolute Gasteiger partial charge is 0.238 e. The van der Waals surface area contributed by atoms with Crippen LogP contribution < -0.4 is 19.6 Å². The number of benzene rings is 1. The van der Waals surface area contributed by atoms with Gasteiger partial charge in [0, 0.05) is 31.8 Å². The third kappa shape index (κ3) is 4.03. The lowest BCUT2D eigenvalue weighted by Gasteiger charge is -2.16. The molecule has 0 aromatic heterocycles. The Morgan fingerprint density at radius 3 is 2.00 bits per heavy atom. The summed E-state index contributed by atoms with van der Waals surface area (Å²) in [4.78, 5) is 11.8. The molecule has 0 aliphatic heterocycles. The highest BCUT2D eigenvalue weighted by atomic mass is 16.5. The van der Waals surface area contributed by atoms with Crippen molar-refractivity contribution in [2.75, 3.05) is 35.4 Å². The minimum Gasteiger partial charge on any atom is -0.496 e. The molecule has 0 aliphatic carbocycles. The number of methoxy groups -OCH3 is 3. The second-order valence-corrected chi connectivity index (χ2v) is 4.12. The quantitative estimate of drug-likeness (QED) is 0.775. The summed E-state index contributed by atoms with van der Waals surface area (Å²) in [5, 5.41) is 1.59. The number of rotatable bonds is 6. The third-order valence-corrected chi connectivity index (χ3v) is 2.50. The molecule has 0 bridgehead atoms.